The highest BCUT2D eigenvalue weighted by molar-refractivity contribution is 5.99. The minimum absolute atomic E-state index is 0.000317. The van der Waals surface area contributed by atoms with Crippen molar-refractivity contribution in [2.24, 2.45) is 17.8 Å². The van der Waals surface area contributed by atoms with E-state index < -0.39 is 0 Å². The van der Waals surface area contributed by atoms with E-state index >= 15 is 0 Å². The van der Waals surface area contributed by atoms with Crippen LogP contribution in [0.4, 0.5) is 0 Å². The van der Waals surface area contributed by atoms with E-state index in [0.717, 1.165) is 6.42 Å². The maximum Gasteiger partial charge on any atom is 0.225 e. The summed E-state index contributed by atoms with van der Waals surface area (Å²) in [6, 6.07) is 9.18. The molecule has 1 aliphatic carbocycles. The van der Waals surface area contributed by atoms with Crippen molar-refractivity contribution in [3.63, 3.8) is 0 Å². The molecule has 1 amide bonds. The number of carbonyl (C=O) groups excluding carboxylic acids is 2. The Morgan fingerprint density at radius 2 is 1.82 bits per heavy atom. The lowest BCUT2D eigenvalue weighted by molar-refractivity contribution is -0.136. The van der Waals surface area contributed by atoms with Crippen LogP contribution in [0.15, 0.2) is 30.3 Å². The predicted octanol–water partition coefficient (Wildman–Crippen LogP) is 3.79. The fraction of sp³-hybridized carbons (Fsp3) is 0.579. The van der Waals surface area contributed by atoms with Crippen molar-refractivity contribution >= 4 is 11.7 Å². The van der Waals surface area contributed by atoms with E-state index in [9.17, 15) is 9.59 Å². The third kappa shape index (κ3) is 3.96. The van der Waals surface area contributed by atoms with Crippen LogP contribution in [-0.2, 0) is 4.79 Å². The average molecular weight is 301 g/mol. The molecule has 0 bridgehead atoms. The number of likely N-dealkylation sites (N-methyl/N-ethyl adjacent to an activating group) is 1. The fourth-order valence-corrected chi connectivity index (χ4v) is 3.63. The van der Waals surface area contributed by atoms with Crippen LogP contribution >= 0.6 is 0 Å². The molecule has 3 unspecified atom stereocenters. The zero-order valence-corrected chi connectivity index (χ0v) is 13.9. The highest BCUT2D eigenvalue weighted by atomic mass is 16.2. The zero-order valence-electron chi connectivity index (χ0n) is 13.9. The molecule has 1 aromatic rings. The number of Topliss-reactive ketones (excluding diaryl/α,β-unsaturated/α-hetero) is 1. The first-order valence-electron chi connectivity index (χ1n) is 8.34. The zero-order chi connectivity index (χ0) is 16.1. The van der Waals surface area contributed by atoms with Crippen molar-refractivity contribution in [1.29, 1.82) is 0 Å². The van der Waals surface area contributed by atoms with Crippen LogP contribution in [0.5, 0.6) is 0 Å². The first-order valence-corrected chi connectivity index (χ1v) is 8.34. The van der Waals surface area contributed by atoms with E-state index in [1.54, 1.807) is 24.1 Å². The molecular formula is C19H27NO2. The van der Waals surface area contributed by atoms with Crippen LogP contribution in [0.3, 0.4) is 0 Å². The van der Waals surface area contributed by atoms with E-state index in [1.165, 1.54) is 19.3 Å². The first-order chi connectivity index (χ1) is 10.5. The summed E-state index contributed by atoms with van der Waals surface area (Å²) < 4.78 is 0. The molecule has 3 nitrogen and oxygen atoms in total. The highest BCUT2D eigenvalue weighted by Crippen LogP contribution is 2.35. The third-order valence-electron chi connectivity index (χ3n) is 5.06. The Morgan fingerprint density at radius 1 is 1.18 bits per heavy atom. The summed E-state index contributed by atoms with van der Waals surface area (Å²) in [5.74, 6) is 1.16. The molecule has 0 saturated heterocycles. The molecule has 120 valence electrons. The number of ketones is 1. The standard InChI is InChI=1S/C19H27NO2/c1-14-9-7-8-12-17(14)15(2)19(22)20(3)13-18(21)16-10-5-4-6-11-16/h4-6,10-11,14-15,17H,7-9,12-13H2,1-3H3. The van der Waals surface area contributed by atoms with E-state index in [0.29, 0.717) is 17.4 Å². The maximum absolute atomic E-state index is 12.6. The summed E-state index contributed by atoms with van der Waals surface area (Å²) in [4.78, 5) is 26.5. The Bertz CT molecular complexity index is 511. The largest absolute Gasteiger partial charge is 0.338 e. The molecule has 22 heavy (non-hydrogen) atoms. The van der Waals surface area contributed by atoms with Crippen molar-refractivity contribution in [2.75, 3.05) is 13.6 Å². The average Bonchev–Trinajstić information content (AvgIpc) is 2.54. The molecule has 0 spiro atoms. The quantitative estimate of drug-likeness (QED) is 0.776. The fourth-order valence-electron chi connectivity index (χ4n) is 3.63. The van der Waals surface area contributed by atoms with Crippen molar-refractivity contribution in [3.8, 4) is 0 Å². The van der Waals surface area contributed by atoms with Crippen LogP contribution in [0.2, 0.25) is 0 Å². The van der Waals surface area contributed by atoms with Gasteiger partial charge in [0, 0.05) is 18.5 Å². The Hall–Kier alpha value is -1.64. The molecule has 0 radical (unpaired) electrons. The van der Waals surface area contributed by atoms with Gasteiger partial charge in [-0.3, -0.25) is 9.59 Å². The summed E-state index contributed by atoms with van der Waals surface area (Å²) in [5.41, 5.74) is 0.667. The smallest absolute Gasteiger partial charge is 0.225 e. The molecule has 0 N–H and O–H groups in total. The van der Waals surface area contributed by atoms with Gasteiger partial charge in [-0.25, -0.2) is 0 Å². The van der Waals surface area contributed by atoms with Crippen LogP contribution in [-0.4, -0.2) is 30.2 Å². The van der Waals surface area contributed by atoms with Crippen molar-refractivity contribution in [3.05, 3.63) is 35.9 Å². The van der Waals surface area contributed by atoms with Crippen molar-refractivity contribution in [2.45, 2.75) is 39.5 Å². The molecular weight excluding hydrogens is 274 g/mol. The minimum atomic E-state index is 0.000317. The predicted molar refractivity (Wildman–Crippen MR) is 88.7 cm³/mol. The van der Waals surface area contributed by atoms with Gasteiger partial charge in [0.2, 0.25) is 5.91 Å². The van der Waals surface area contributed by atoms with Gasteiger partial charge in [-0.15, -0.1) is 0 Å². The van der Waals surface area contributed by atoms with Gasteiger partial charge in [0.05, 0.1) is 6.54 Å². The lowest BCUT2D eigenvalue weighted by Crippen LogP contribution is -2.40. The summed E-state index contributed by atoms with van der Waals surface area (Å²) in [6.45, 7) is 4.44. The van der Waals surface area contributed by atoms with Gasteiger partial charge >= 0.3 is 0 Å². The van der Waals surface area contributed by atoms with E-state index in [4.69, 9.17) is 0 Å². The summed E-state index contributed by atoms with van der Waals surface area (Å²) in [6.07, 6.45) is 4.85. The molecule has 1 aliphatic rings. The van der Waals surface area contributed by atoms with Crippen LogP contribution in [0.25, 0.3) is 0 Å². The summed E-state index contributed by atoms with van der Waals surface area (Å²) in [5, 5.41) is 0. The number of carbonyl (C=O) groups is 2. The second kappa shape index (κ2) is 7.57. The molecule has 3 atom stereocenters. The summed E-state index contributed by atoms with van der Waals surface area (Å²) >= 11 is 0. The first kappa shape index (κ1) is 16.7. The summed E-state index contributed by atoms with van der Waals surface area (Å²) in [7, 11) is 1.74. The van der Waals surface area contributed by atoms with Gasteiger partial charge < -0.3 is 4.90 Å². The Kier molecular flexibility index (Phi) is 5.76. The topological polar surface area (TPSA) is 37.4 Å². The van der Waals surface area contributed by atoms with Gasteiger partial charge in [-0.2, -0.15) is 0 Å². The lowest BCUT2D eigenvalue weighted by Gasteiger charge is -2.34. The van der Waals surface area contributed by atoms with Gasteiger partial charge in [0.25, 0.3) is 0 Å². The lowest BCUT2D eigenvalue weighted by atomic mass is 9.73. The maximum atomic E-state index is 12.6. The second-order valence-electron chi connectivity index (χ2n) is 6.70. The SMILES string of the molecule is CC1CCCCC1C(C)C(=O)N(C)CC(=O)c1ccccc1. The monoisotopic (exact) mass is 301 g/mol. The van der Waals surface area contributed by atoms with E-state index in [-0.39, 0.29) is 24.2 Å². The normalized spacial score (nSPS) is 22.9. The number of benzene rings is 1. The Labute approximate surface area is 133 Å². The van der Waals surface area contributed by atoms with Crippen molar-refractivity contribution in [1.82, 2.24) is 4.90 Å². The number of amides is 1. The number of hydrogen-bond donors (Lipinski definition) is 0. The molecule has 1 fully saturated rings. The molecule has 2 rings (SSSR count). The molecule has 0 aromatic heterocycles. The molecule has 0 heterocycles. The Balaban J connectivity index is 1.95. The van der Waals surface area contributed by atoms with Gasteiger partial charge in [0.15, 0.2) is 5.78 Å². The van der Waals surface area contributed by atoms with Crippen LogP contribution < -0.4 is 0 Å². The number of hydrogen-bond acceptors (Lipinski definition) is 2. The van der Waals surface area contributed by atoms with Crippen LogP contribution in [0, 0.1) is 17.8 Å². The number of rotatable bonds is 5. The molecule has 1 aromatic carbocycles. The Morgan fingerprint density at radius 3 is 2.45 bits per heavy atom. The molecule has 0 aliphatic heterocycles. The van der Waals surface area contributed by atoms with Gasteiger partial charge in [-0.05, 0) is 18.3 Å². The van der Waals surface area contributed by atoms with Gasteiger partial charge in [-0.1, -0.05) is 63.4 Å². The second-order valence-corrected chi connectivity index (χ2v) is 6.70. The third-order valence-corrected chi connectivity index (χ3v) is 5.06. The molecule has 1 saturated carbocycles. The van der Waals surface area contributed by atoms with Crippen LogP contribution in [0.1, 0.15) is 49.9 Å². The minimum Gasteiger partial charge on any atom is -0.338 e. The van der Waals surface area contributed by atoms with Crippen molar-refractivity contribution < 1.29 is 9.59 Å². The molecule has 3 heteroatoms. The van der Waals surface area contributed by atoms with Gasteiger partial charge in [0.1, 0.15) is 0 Å². The van der Waals surface area contributed by atoms with E-state index in [2.05, 4.69) is 6.92 Å². The van der Waals surface area contributed by atoms with E-state index in [1.807, 2.05) is 25.1 Å². The highest BCUT2D eigenvalue weighted by Gasteiger charge is 2.32. The number of nitrogens with zero attached hydrogens (tertiary/aromatic N) is 1.